The molecule has 1 aromatic carbocycles. The lowest BCUT2D eigenvalue weighted by atomic mass is 10.2. The van der Waals surface area contributed by atoms with E-state index < -0.39 is 0 Å². The van der Waals surface area contributed by atoms with Gasteiger partial charge in [-0.2, -0.15) is 0 Å². The molecule has 2 aliphatic heterocycles. The number of piperazine rings is 1. The van der Waals surface area contributed by atoms with E-state index in [0.717, 1.165) is 69.7 Å². The van der Waals surface area contributed by atoms with Gasteiger partial charge < -0.3 is 19.7 Å². The van der Waals surface area contributed by atoms with Gasteiger partial charge in [-0.25, -0.2) is 0 Å². The van der Waals surface area contributed by atoms with E-state index in [2.05, 4.69) is 26.2 Å². The topological polar surface area (TPSA) is 49.3 Å². The van der Waals surface area contributed by atoms with Crippen LogP contribution < -0.4 is 5.32 Å². The zero-order chi connectivity index (χ0) is 18.9. The Kier molecular flexibility index (Phi) is 10.9. The van der Waals surface area contributed by atoms with Gasteiger partial charge in [0.15, 0.2) is 5.96 Å². The highest BCUT2D eigenvalue weighted by atomic mass is 127. The van der Waals surface area contributed by atoms with Crippen LogP contribution in [-0.4, -0.2) is 81.5 Å². The molecule has 0 aromatic heterocycles. The normalized spacial score (nSPS) is 20.9. The average Bonchev–Trinajstić information content (AvgIpc) is 3.19. The van der Waals surface area contributed by atoms with E-state index in [1.54, 1.807) is 0 Å². The highest BCUT2D eigenvalue weighted by Crippen LogP contribution is 2.14. The molecule has 0 spiro atoms. The van der Waals surface area contributed by atoms with Gasteiger partial charge in [0.2, 0.25) is 0 Å². The molecule has 1 aromatic rings. The summed E-state index contributed by atoms with van der Waals surface area (Å²) in [5, 5.41) is 4.21. The monoisotopic (exact) mass is 522 g/mol. The van der Waals surface area contributed by atoms with Crippen molar-refractivity contribution in [2.75, 3.05) is 59.6 Å². The van der Waals surface area contributed by atoms with E-state index in [-0.39, 0.29) is 30.1 Å². The average molecular weight is 523 g/mol. The summed E-state index contributed by atoms with van der Waals surface area (Å²) in [6.07, 6.45) is 2.56. The molecule has 1 unspecified atom stereocenters. The molecule has 0 aliphatic carbocycles. The van der Waals surface area contributed by atoms with Gasteiger partial charge in [-0.3, -0.25) is 9.89 Å². The Balaban J connectivity index is 0.00000280. The van der Waals surface area contributed by atoms with Gasteiger partial charge in [-0.15, -0.1) is 24.0 Å². The van der Waals surface area contributed by atoms with E-state index in [4.69, 9.17) is 21.1 Å². The maximum Gasteiger partial charge on any atom is 0.193 e. The van der Waals surface area contributed by atoms with Gasteiger partial charge in [0.1, 0.15) is 0 Å². The van der Waals surface area contributed by atoms with Crippen LogP contribution in [0.25, 0.3) is 0 Å². The highest BCUT2D eigenvalue weighted by molar-refractivity contribution is 14.0. The Labute approximate surface area is 190 Å². The van der Waals surface area contributed by atoms with Crippen LogP contribution in [0.4, 0.5) is 0 Å². The molecule has 1 atom stereocenters. The third-order valence-corrected chi connectivity index (χ3v) is 5.27. The second kappa shape index (κ2) is 12.8. The minimum atomic E-state index is 0. The zero-order valence-corrected chi connectivity index (χ0v) is 19.7. The van der Waals surface area contributed by atoms with E-state index in [0.29, 0.717) is 13.2 Å². The van der Waals surface area contributed by atoms with Crippen molar-refractivity contribution in [1.82, 2.24) is 15.1 Å². The number of benzene rings is 1. The quantitative estimate of drug-likeness (QED) is 0.258. The number of nitrogens with one attached hydrogen (secondary N) is 1. The largest absolute Gasteiger partial charge is 0.377 e. The summed E-state index contributed by atoms with van der Waals surface area (Å²) in [6.45, 7) is 7.93. The van der Waals surface area contributed by atoms with Crippen LogP contribution in [0.5, 0.6) is 0 Å². The zero-order valence-electron chi connectivity index (χ0n) is 16.6. The summed E-state index contributed by atoms with van der Waals surface area (Å²) in [5.41, 5.74) is 1.27. The molecule has 0 radical (unpaired) electrons. The standard InChI is InChI=1S/C20H31ClN4O2.HI/c1-22-20(23-7-13-26-16-19-6-3-12-27-19)25-10-8-24(9-11-25)15-17-4-2-5-18(21)14-17;/h2,4-5,14,19H,3,6-13,15-16H2,1H3,(H,22,23);1H. The van der Waals surface area contributed by atoms with Crippen molar-refractivity contribution >= 4 is 41.5 Å². The molecular formula is C20H32ClIN4O2. The Bertz CT molecular complexity index is 606. The fourth-order valence-electron chi connectivity index (χ4n) is 3.57. The first-order chi connectivity index (χ1) is 13.2. The number of nitrogens with zero attached hydrogens (tertiary/aromatic N) is 3. The third kappa shape index (κ3) is 7.67. The van der Waals surface area contributed by atoms with Crippen molar-refractivity contribution in [3.8, 4) is 0 Å². The molecule has 2 fully saturated rings. The number of hydrogen-bond acceptors (Lipinski definition) is 4. The summed E-state index contributed by atoms with van der Waals surface area (Å²) in [7, 11) is 1.84. The van der Waals surface area contributed by atoms with Gasteiger partial charge in [0.05, 0.1) is 19.3 Å². The molecule has 8 heteroatoms. The Morgan fingerprint density at radius 3 is 2.82 bits per heavy atom. The van der Waals surface area contributed by atoms with Crippen molar-refractivity contribution in [1.29, 1.82) is 0 Å². The second-order valence-electron chi connectivity index (χ2n) is 7.08. The number of guanidine groups is 1. The van der Waals surface area contributed by atoms with E-state index >= 15 is 0 Å². The molecular weight excluding hydrogens is 491 g/mol. The molecule has 6 nitrogen and oxygen atoms in total. The smallest absolute Gasteiger partial charge is 0.193 e. The van der Waals surface area contributed by atoms with Gasteiger partial charge in [-0.05, 0) is 30.5 Å². The van der Waals surface area contributed by atoms with Crippen molar-refractivity contribution in [3.05, 3.63) is 34.9 Å². The molecule has 2 heterocycles. The van der Waals surface area contributed by atoms with Gasteiger partial charge >= 0.3 is 0 Å². The minimum Gasteiger partial charge on any atom is -0.377 e. The maximum atomic E-state index is 6.09. The van der Waals surface area contributed by atoms with Crippen LogP contribution in [0.2, 0.25) is 5.02 Å². The summed E-state index contributed by atoms with van der Waals surface area (Å²) in [6, 6.07) is 8.12. The molecule has 3 rings (SSSR count). The van der Waals surface area contributed by atoms with Crippen molar-refractivity contribution < 1.29 is 9.47 Å². The number of hydrogen-bond donors (Lipinski definition) is 1. The van der Waals surface area contributed by atoms with Crippen molar-refractivity contribution in [2.24, 2.45) is 4.99 Å². The Morgan fingerprint density at radius 2 is 2.14 bits per heavy atom. The van der Waals surface area contributed by atoms with Crippen molar-refractivity contribution in [3.63, 3.8) is 0 Å². The Hall–Kier alpha value is -0.610. The SMILES string of the molecule is CN=C(NCCOCC1CCCO1)N1CCN(Cc2cccc(Cl)c2)CC1.I. The van der Waals surface area contributed by atoms with E-state index in [1.165, 1.54) is 5.56 Å². The lowest BCUT2D eigenvalue weighted by Gasteiger charge is -2.36. The summed E-state index contributed by atoms with van der Waals surface area (Å²) < 4.78 is 11.3. The third-order valence-electron chi connectivity index (χ3n) is 5.04. The first-order valence-electron chi connectivity index (χ1n) is 9.86. The molecule has 1 N–H and O–H groups in total. The number of aliphatic imine (C=N–C) groups is 1. The van der Waals surface area contributed by atoms with Crippen LogP contribution in [0.15, 0.2) is 29.3 Å². The van der Waals surface area contributed by atoms with Gasteiger partial charge in [0.25, 0.3) is 0 Å². The Morgan fingerprint density at radius 1 is 1.32 bits per heavy atom. The summed E-state index contributed by atoms with van der Waals surface area (Å²) in [4.78, 5) is 9.20. The van der Waals surface area contributed by atoms with Crippen LogP contribution in [0, 0.1) is 0 Å². The maximum absolute atomic E-state index is 6.09. The lowest BCUT2D eigenvalue weighted by Crippen LogP contribution is -2.52. The predicted molar refractivity (Wildman–Crippen MR) is 125 cm³/mol. The number of rotatable bonds is 7. The van der Waals surface area contributed by atoms with Gasteiger partial charge in [0, 0.05) is 57.9 Å². The molecule has 0 amide bonds. The number of ether oxygens (including phenoxy) is 2. The van der Waals surface area contributed by atoms with Crippen LogP contribution in [0.3, 0.4) is 0 Å². The van der Waals surface area contributed by atoms with E-state index in [9.17, 15) is 0 Å². The van der Waals surface area contributed by atoms with Crippen LogP contribution in [0.1, 0.15) is 18.4 Å². The number of halogens is 2. The minimum absolute atomic E-state index is 0. The van der Waals surface area contributed by atoms with E-state index in [1.807, 2.05) is 25.2 Å². The van der Waals surface area contributed by atoms with Crippen LogP contribution >= 0.6 is 35.6 Å². The molecule has 0 bridgehead atoms. The van der Waals surface area contributed by atoms with Crippen molar-refractivity contribution in [2.45, 2.75) is 25.5 Å². The summed E-state index contributed by atoms with van der Waals surface area (Å²) >= 11 is 6.09. The molecule has 2 aliphatic rings. The molecule has 2 saturated heterocycles. The summed E-state index contributed by atoms with van der Waals surface area (Å²) in [5.74, 6) is 0.957. The first-order valence-corrected chi connectivity index (χ1v) is 10.2. The lowest BCUT2D eigenvalue weighted by molar-refractivity contribution is 0.0189. The first kappa shape index (κ1) is 23.7. The van der Waals surface area contributed by atoms with Gasteiger partial charge in [-0.1, -0.05) is 23.7 Å². The molecule has 28 heavy (non-hydrogen) atoms. The highest BCUT2D eigenvalue weighted by Gasteiger charge is 2.20. The van der Waals surface area contributed by atoms with Crippen LogP contribution in [-0.2, 0) is 16.0 Å². The fraction of sp³-hybridized carbons (Fsp3) is 0.650. The molecule has 0 saturated carbocycles. The fourth-order valence-corrected chi connectivity index (χ4v) is 3.78. The predicted octanol–water partition coefficient (Wildman–Crippen LogP) is 2.85. The molecule has 158 valence electrons. The second-order valence-corrected chi connectivity index (χ2v) is 7.51.